The van der Waals surface area contributed by atoms with Gasteiger partial charge in [-0.1, -0.05) is 84.2 Å². The van der Waals surface area contributed by atoms with Gasteiger partial charge in [-0.3, -0.25) is 0 Å². The van der Waals surface area contributed by atoms with Crippen molar-refractivity contribution in [2.75, 3.05) is 11.5 Å². The zero-order chi connectivity index (χ0) is 22.9. The van der Waals surface area contributed by atoms with Crippen LogP contribution in [0.15, 0.2) is 81.2 Å². The van der Waals surface area contributed by atoms with Crippen LogP contribution in [0.4, 0.5) is 0 Å². The molecule has 0 saturated carbocycles. The molecule has 2 aromatic carbocycles. The van der Waals surface area contributed by atoms with E-state index in [9.17, 15) is 0 Å². The van der Waals surface area contributed by atoms with Gasteiger partial charge in [-0.15, -0.1) is 10.2 Å². The molecule has 0 saturated heterocycles. The zero-order valence-electron chi connectivity index (χ0n) is 17.4. The summed E-state index contributed by atoms with van der Waals surface area (Å²) >= 11 is 13.8. The van der Waals surface area contributed by atoms with Crippen LogP contribution in [0, 0.1) is 9.54 Å². The molecule has 12 heteroatoms. The lowest BCUT2D eigenvalue weighted by molar-refractivity contribution is 0.756. The summed E-state index contributed by atoms with van der Waals surface area (Å²) in [5, 5.41) is 24.6. The first-order valence-corrected chi connectivity index (χ1v) is 12.8. The Hall–Kier alpha value is -2.80. The summed E-state index contributed by atoms with van der Waals surface area (Å²) in [7, 11) is 0. The lowest BCUT2D eigenvalue weighted by Crippen LogP contribution is -1.96. The first-order chi connectivity index (χ1) is 16.2. The summed E-state index contributed by atoms with van der Waals surface area (Å²) < 4.78 is 4.21. The van der Waals surface area contributed by atoms with Gasteiger partial charge in [0, 0.05) is 11.5 Å². The zero-order valence-corrected chi connectivity index (χ0v) is 20.6. The molecule has 0 aliphatic rings. The first kappa shape index (κ1) is 23.4. The second-order valence-electron chi connectivity index (χ2n) is 6.61. The molecule has 33 heavy (non-hydrogen) atoms. The highest BCUT2D eigenvalue weighted by molar-refractivity contribution is 8.00. The molecule has 0 amide bonds. The van der Waals surface area contributed by atoms with E-state index in [4.69, 9.17) is 24.4 Å². The molecule has 0 atom stereocenters. The molecule has 0 bridgehead atoms. The maximum Gasteiger partial charge on any atom is 0.217 e. The minimum atomic E-state index is 0.464. The van der Waals surface area contributed by atoms with Gasteiger partial charge < -0.3 is 0 Å². The van der Waals surface area contributed by atoms with E-state index < -0.39 is 0 Å². The molecule has 2 aromatic heterocycles. The summed E-state index contributed by atoms with van der Waals surface area (Å²) in [5.41, 5.74) is 1.99. The van der Waals surface area contributed by atoms with E-state index in [1.165, 1.54) is 0 Å². The number of hydrogen-bond donors (Lipinski definition) is 2. The van der Waals surface area contributed by atoms with Gasteiger partial charge in [-0.25, -0.2) is 10.2 Å². The van der Waals surface area contributed by atoms with E-state index in [-0.39, 0.29) is 0 Å². The highest BCUT2D eigenvalue weighted by Crippen LogP contribution is 2.21. The molecule has 168 valence electrons. The van der Waals surface area contributed by atoms with E-state index in [1.54, 1.807) is 45.3 Å². The Kier molecular flexibility index (Phi) is 8.41. The summed E-state index contributed by atoms with van der Waals surface area (Å²) in [6.45, 7) is 0. The van der Waals surface area contributed by atoms with Crippen molar-refractivity contribution in [2.24, 2.45) is 10.2 Å². The lowest BCUT2D eigenvalue weighted by Gasteiger charge is -2.02. The molecule has 2 heterocycles. The number of benzene rings is 2. The van der Waals surface area contributed by atoms with E-state index in [1.807, 2.05) is 60.7 Å². The molecule has 0 aliphatic heterocycles. The average molecular weight is 513 g/mol. The Morgan fingerprint density at radius 1 is 0.727 bits per heavy atom. The van der Waals surface area contributed by atoms with Crippen molar-refractivity contribution in [3.05, 3.63) is 81.3 Å². The van der Waals surface area contributed by atoms with Crippen molar-refractivity contribution in [3.8, 4) is 0 Å². The summed E-state index contributed by atoms with van der Waals surface area (Å²) in [5.74, 6) is 1.71. The number of H-pyrrole nitrogens is 2. The third kappa shape index (κ3) is 6.60. The first-order valence-electron chi connectivity index (χ1n) is 10.00. The maximum absolute atomic E-state index is 5.31. The molecular weight excluding hydrogens is 493 g/mol. The average Bonchev–Trinajstić information content (AvgIpc) is 3.38. The van der Waals surface area contributed by atoms with Crippen LogP contribution in [0.1, 0.15) is 17.5 Å². The van der Waals surface area contributed by atoms with Crippen LogP contribution in [0.25, 0.3) is 0 Å². The van der Waals surface area contributed by atoms with E-state index in [2.05, 4.69) is 30.6 Å². The Morgan fingerprint density at radius 3 is 1.58 bits per heavy atom. The smallest absolute Gasteiger partial charge is 0.217 e. The molecule has 0 unspecified atom stereocenters. The van der Waals surface area contributed by atoms with Gasteiger partial charge in [-0.2, -0.15) is 19.6 Å². The molecule has 4 aromatic rings. The molecule has 0 fully saturated rings. The van der Waals surface area contributed by atoms with Crippen molar-refractivity contribution in [1.82, 2.24) is 29.7 Å². The van der Waals surface area contributed by atoms with Gasteiger partial charge in [0.1, 0.15) is 0 Å². The summed E-state index contributed by atoms with van der Waals surface area (Å²) in [6, 6.07) is 19.7. The van der Waals surface area contributed by atoms with Gasteiger partial charge >= 0.3 is 0 Å². The predicted octanol–water partition coefficient (Wildman–Crippen LogP) is 5.23. The van der Waals surface area contributed by atoms with Crippen molar-refractivity contribution in [1.29, 1.82) is 0 Å². The Labute approximate surface area is 209 Å². The Balaban J connectivity index is 1.30. The minimum Gasteiger partial charge on any atom is -0.249 e. The number of aromatic amines is 2. The normalized spacial score (nSPS) is 11.6. The van der Waals surface area contributed by atoms with Crippen LogP contribution in [0.3, 0.4) is 0 Å². The fraction of sp³-hybridized carbons (Fsp3) is 0.143. The van der Waals surface area contributed by atoms with Gasteiger partial charge in [-0.05, 0) is 42.0 Å². The minimum absolute atomic E-state index is 0.464. The van der Waals surface area contributed by atoms with Gasteiger partial charge in [0.25, 0.3) is 0 Å². The fourth-order valence-electron chi connectivity index (χ4n) is 2.66. The van der Waals surface area contributed by atoms with Gasteiger partial charge in [0.05, 0.1) is 12.4 Å². The standard InChI is InChI=1S/C21H20N8S4/c30-18-24-26-20(28(18)22-14-16-8-3-1-4-9-16)32-12-7-13-33-21-27-25-19(31)29(21)23-15-17-10-5-2-6-11-17/h1-6,8-11,14-15H,7,12-13H2,(H,24,30)(H,25,31)/b22-14+,23-15+. The second kappa shape index (κ2) is 11.9. The summed E-state index contributed by atoms with van der Waals surface area (Å²) in [6.07, 6.45) is 4.47. The van der Waals surface area contributed by atoms with Crippen LogP contribution >= 0.6 is 48.0 Å². The number of nitrogens with zero attached hydrogens (tertiary/aromatic N) is 6. The number of hydrogen-bond acceptors (Lipinski definition) is 8. The highest BCUT2D eigenvalue weighted by Gasteiger charge is 2.08. The molecule has 0 spiro atoms. The van der Waals surface area contributed by atoms with Crippen molar-refractivity contribution in [3.63, 3.8) is 0 Å². The number of nitrogens with one attached hydrogen (secondary N) is 2. The quantitative estimate of drug-likeness (QED) is 0.131. The van der Waals surface area contributed by atoms with Crippen LogP contribution < -0.4 is 0 Å². The van der Waals surface area contributed by atoms with Crippen LogP contribution in [0.5, 0.6) is 0 Å². The maximum atomic E-state index is 5.31. The van der Waals surface area contributed by atoms with Crippen LogP contribution in [0.2, 0.25) is 0 Å². The number of thioether (sulfide) groups is 2. The second-order valence-corrected chi connectivity index (χ2v) is 9.50. The largest absolute Gasteiger partial charge is 0.249 e. The third-order valence-electron chi connectivity index (χ3n) is 4.24. The molecule has 4 rings (SSSR count). The van der Waals surface area contributed by atoms with Crippen molar-refractivity contribution >= 4 is 60.4 Å². The number of aromatic nitrogens is 6. The van der Waals surface area contributed by atoms with Gasteiger partial charge in [0.2, 0.25) is 19.9 Å². The Morgan fingerprint density at radius 2 is 1.15 bits per heavy atom. The fourth-order valence-corrected chi connectivity index (χ4v) is 5.00. The van der Waals surface area contributed by atoms with Crippen LogP contribution in [-0.4, -0.2) is 53.7 Å². The lowest BCUT2D eigenvalue weighted by atomic mass is 10.2. The van der Waals surface area contributed by atoms with E-state index >= 15 is 0 Å². The monoisotopic (exact) mass is 512 g/mol. The molecular formula is C21H20N8S4. The van der Waals surface area contributed by atoms with Crippen molar-refractivity contribution < 1.29 is 0 Å². The highest BCUT2D eigenvalue weighted by atomic mass is 32.2. The van der Waals surface area contributed by atoms with Crippen LogP contribution in [-0.2, 0) is 0 Å². The molecule has 8 nitrogen and oxygen atoms in total. The molecule has 0 aliphatic carbocycles. The molecule has 2 N–H and O–H groups in total. The summed E-state index contributed by atoms with van der Waals surface area (Å²) in [4.78, 5) is 0. The van der Waals surface area contributed by atoms with Crippen molar-refractivity contribution in [2.45, 2.75) is 16.7 Å². The predicted molar refractivity (Wildman–Crippen MR) is 140 cm³/mol. The number of rotatable bonds is 10. The van der Waals surface area contributed by atoms with E-state index in [0.717, 1.165) is 39.4 Å². The van der Waals surface area contributed by atoms with E-state index in [0.29, 0.717) is 9.54 Å². The third-order valence-corrected chi connectivity index (χ3v) is 6.80. The molecule has 0 radical (unpaired) electrons. The Bertz CT molecular complexity index is 1230. The van der Waals surface area contributed by atoms with Gasteiger partial charge in [0.15, 0.2) is 0 Å². The topological polar surface area (TPSA) is 91.9 Å². The SMILES string of the molecule is S=c1[nH]nc(SCCCSc2n[nH]c(=S)n2/N=C/c2ccccc2)n1/N=C/c1ccccc1.